The molecule has 3 aromatic carbocycles. The van der Waals surface area contributed by atoms with Crippen LogP contribution < -0.4 is 0 Å². The summed E-state index contributed by atoms with van der Waals surface area (Å²) < 4.78 is 0. The van der Waals surface area contributed by atoms with Crippen LogP contribution in [0.5, 0.6) is 0 Å². The van der Waals surface area contributed by atoms with Crippen molar-refractivity contribution in [3.05, 3.63) is 106 Å². The van der Waals surface area contributed by atoms with Crippen LogP contribution >= 0.6 is 0 Å². The highest BCUT2D eigenvalue weighted by atomic mass is 16.1. The molecule has 1 nitrogen and oxygen atoms in total. The fraction of sp³-hybridized carbons (Fsp3) is 0.125. The lowest BCUT2D eigenvalue weighted by Crippen LogP contribution is -2.03. The van der Waals surface area contributed by atoms with E-state index in [2.05, 4.69) is 26.0 Å². The number of rotatable bonds is 4. The van der Waals surface area contributed by atoms with Crippen LogP contribution in [-0.2, 0) is 0 Å². The molecule has 0 saturated heterocycles. The predicted octanol–water partition coefficient (Wildman–Crippen LogP) is 6.04. The third-order valence-electron chi connectivity index (χ3n) is 4.31. The molecule has 0 aliphatic carbocycles. The molecule has 0 unspecified atom stereocenters. The quantitative estimate of drug-likeness (QED) is 0.325. The summed E-state index contributed by atoms with van der Waals surface area (Å²) >= 11 is 0. The Bertz CT molecular complexity index is 896. The molecule has 3 aromatic rings. The maximum Gasteiger partial charge on any atom is 0.193 e. The first-order valence-electron chi connectivity index (χ1n) is 8.50. The number of carbonyl (C=O) groups excluding carboxylic acids is 1. The van der Waals surface area contributed by atoms with E-state index >= 15 is 0 Å². The summed E-state index contributed by atoms with van der Waals surface area (Å²) in [5, 5.41) is 0. The number of benzene rings is 3. The number of hydrogen-bond donors (Lipinski definition) is 0. The second kappa shape index (κ2) is 7.31. The highest BCUT2D eigenvalue weighted by molar-refractivity contribution is 6.32. The van der Waals surface area contributed by atoms with Crippen LogP contribution in [0.1, 0.15) is 38.2 Å². The number of carbonyl (C=O) groups is 1. The zero-order chi connectivity index (χ0) is 17.8. The van der Waals surface area contributed by atoms with Gasteiger partial charge in [-0.1, -0.05) is 89.5 Å². The summed E-state index contributed by atoms with van der Waals surface area (Å²) in [5.74, 6) is 0.0458. The van der Waals surface area contributed by atoms with Crippen molar-refractivity contribution in [3.8, 4) is 0 Å². The average molecular weight is 326 g/mol. The summed E-state index contributed by atoms with van der Waals surface area (Å²) in [4.78, 5) is 13.1. The molecule has 0 aliphatic heterocycles. The van der Waals surface area contributed by atoms with E-state index in [0.717, 1.165) is 16.7 Å². The smallest absolute Gasteiger partial charge is 0.193 e. The van der Waals surface area contributed by atoms with Crippen molar-refractivity contribution in [2.75, 3.05) is 0 Å². The first-order valence-corrected chi connectivity index (χ1v) is 8.50. The van der Waals surface area contributed by atoms with Crippen molar-refractivity contribution in [1.29, 1.82) is 0 Å². The Labute approximate surface area is 149 Å². The summed E-state index contributed by atoms with van der Waals surface area (Å²) in [5.41, 5.74) is 6.94. The summed E-state index contributed by atoms with van der Waals surface area (Å²) in [6.45, 7) is 6.14. The molecule has 0 spiro atoms. The number of hydrogen-bond acceptors (Lipinski definition) is 1. The normalized spacial score (nSPS) is 11.4. The van der Waals surface area contributed by atoms with E-state index in [0.29, 0.717) is 11.1 Å². The number of aryl methyl sites for hydroxylation is 3. The van der Waals surface area contributed by atoms with Crippen molar-refractivity contribution in [3.63, 3.8) is 0 Å². The molecule has 0 N–H and O–H groups in total. The minimum atomic E-state index is 0.0458. The maximum absolute atomic E-state index is 13.1. The Morgan fingerprint density at radius 1 is 0.600 bits per heavy atom. The zero-order valence-corrected chi connectivity index (χ0v) is 14.9. The van der Waals surface area contributed by atoms with Gasteiger partial charge in [-0.15, -0.1) is 0 Å². The Balaban J connectivity index is 2.07. The van der Waals surface area contributed by atoms with Gasteiger partial charge in [-0.25, -0.2) is 0 Å². The molecule has 0 heterocycles. The largest absolute Gasteiger partial charge is 0.289 e. The maximum atomic E-state index is 13.1. The number of ketones is 1. The molecule has 1 heteroatoms. The lowest BCUT2D eigenvalue weighted by molar-refractivity contribution is 0.105. The van der Waals surface area contributed by atoms with Crippen LogP contribution in [0.4, 0.5) is 0 Å². The van der Waals surface area contributed by atoms with E-state index in [1.54, 1.807) is 0 Å². The van der Waals surface area contributed by atoms with Gasteiger partial charge in [-0.3, -0.25) is 4.79 Å². The van der Waals surface area contributed by atoms with Crippen LogP contribution in [0.25, 0.3) is 11.6 Å². The number of Topliss-reactive ketones (excluding diaryl/α,β-unsaturated/α-hetero) is 1. The van der Waals surface area contributed by atoms with Crippen LogP contribution in [0.3, 0.4) is 0 Å². The van der Waals surface area contributed by atoms with Crippen LogP contribution in [0, 0.1) is 20.8 Å². The minimum absolute atomic E-state index is 0.0458. The molecule has 124 valence electrons. The first kappa shape index (κ1) is 16.9. The topological polar surface area (TPSA) is 17.1 Å². The molecule has 0 saturated carbocycles. The first-order chi connectivity index (χ1) is 12.0. The molecule has 0 aliphatic rings. The standard InChI is InChI=1S/C24H22O/c1-17-4-10-20(11-5-17)16-23(21-12-6-18(2)7-13-21)24(25)22-14-8-19(3)9-15-22/h4-16H,1-3H3/b23-16+. The van der Waals surface area contributed by atoms with Gasteiger partial charge in [0.25, 0.3) is 0 Å². The third-order valence-corrected chi connectivity index (χ3v) is 4.31. The van der Waals surface area contributed by atoms with Gasteiger partial charge in [0.05, 0.1) is 0 Å². The van der Waals surface area contributed by atoms with Crippen LogP contribution in [0.2, 0.25) is 0 Å². The van der Waals surface area contributed by atoms with Gasteiger partial charge in [-0.2, -0.15) is 0 Å². The molecule has 0 atom stereocenters. The Morgan fingerprint density at radius 2 is 1.00 bits per heavy atom. The summed E-state index contributed by atoms with van der Waals surface area (Å²) in [7, 11) is 0. The zero-order valence-electron chi connectivity index (χ0n) is 14.9. The molecule has 0 amide bonds. The lowest BCUT2D eigenvalue weighted by Gasteiger charge is -2.09. The average Bonchev–Trinajstić information content (AvgIpc) is 2.62. The highest BCUT2D eigenvalue weighted by Gasteiger charge is 2.14. The van der Waals surface area contributed by atoms with Gasteiger partial charge < -0.3 is 0 Å². The molecule has 25 heavy (non-hydrogen) atoms. The van der Waals surface area contributed by atoms with Crippen LogP contribution in [-0.4, -0.2) is 5.78 Å². The third kappa shape index (κ3) is 4.13. The molecular weight excluding hydrogens is 304 g/mol. The molecule has 0 aromatic heterocycles. The fourth-order valence-electron chi connectivity index (χ4n) is 2.70. The van der Waals surface area contributed by atoms with Gasteiger partial charge in [0, 0.05) is 11.1 Å². The second-order valence-electron chi connectivity index (χ2n) is 6.53. The molecule has 3 rings (SSSR count). The number of allylic oxidation sites excluding steroid dienone is 1. The van der Waals surface area contributed by atoms with E-state index in [1.165, 1.54) is 11.1 Å². The van der Waals surface area contributed by atoms with Gasteiger partial charge in [-0.05, 0) is 38.0 Å². The molecule has 0 bridgehead atoms. The van der Waals surface area contributed by atoms with E-state index in [1.807, 2.05) is 73.7 Å². The van der Waals surface area contributed by atoms with Gasteiger partial charge in [0.2, 0.25) is 0 Å². The predicted molar refractivity (Wildman–Crippen MR) is 106 cm³/mol. The van der Waals surface area contributed by atoms with E-state index < -0.39 is 0 Å². The molecular formula is C24H22O. The summed E-state index contributed by atoms with van der Waals surface area (Å²) in [6, 6.07) is 24.1. The van der Waals surface area contributed by atoms with Crippen molar-refractivity contribution < 1.29 is 4.79 Å². The van der Waals surface area contributed by atoms with Gasteiger partial charge >= 0.3 is 0 Å². The van der Waals surface area contributed by atoms with Gasteiger partial charge in [0.15, 0.2) is 5.78 Å². The highest BCUT2D eigenvalue weighted by Crippen LogP contribution is 2.24. The second-order valence-corrected chi connectivity index (χ2v) is 6.53. The van der Waals surface area contributed by atoms with Crippen molar-refractivity contribution in [1.82, 2.24) is 0 Å². The Kier molecular flexibility index (Phi) is 4.95. The Morgan fingerprint density at radius 3 is 1.48 bits per heavy atom. The Hall–Kier alpha value is -2.93. The summed E-state index contributed by atoms with van der Waals surface area (Å²) in [6.07, 6.45) is 1.98. The van der Waals surface area contributed by atoms with E-state index in [4.69, 9.17) is 0 Å². The SMILES string of the molecule is Cc1ccc(/C=C(/C(=O)c2ccc(C)cc2)c2ccc(C)cc2)cc1. The van der Waals surface area contributed by atoms with E-state index in [-0.39, 0.29) is 5.78 Å². The monoisotopic (exact) mass is 326 g/mol. The lowest BCUT2D eigenvalue weighted by atomic mass is 9.93. The molecule has 0 radical (unpaired) electrons. The fourth-order valence-corrected chi connectivity index (χ4v) is 2.70. The van der Waals surface area contributed by atoms with Crippen molar-refractivity contribution >= 4 is 17.4 Å². The molecule has 0 fully saturated rings. The van der Waals surface area contributed by atoms with Crippen molar-refractivity contribution in [2.45, 2.75) is 20.8 Å². The van der Waals surface area contributed by atoms with Crippen LogP contribution in [0.15, 0.2) is 72.8 Å². The van der Waals surface area contributed by atoms with Crippen molar-refractivity contribution in [2.24, 2.45) is 0 Å². The van der Waals surface area contributed by atoms with Gasteiger partial charge in [0.1, 0.15) is 0 Å². The minimum Gasteiger partial charge on any atom is -0.289 e. The van der Waals surface area contributed by atoms with E-state index in [9.17, 15) is 4.79 Å².